The number of amides is 2. The summed E-state index contributed by atoms with van der Waals surface area (Å²) in [5.74, 6) is 0.766. The normalized spacial score (nSPS) is 15.9. The van der Waals surface area contributed by atoms with E-state index in [-0.39, 0.29) is 22.9 Å². The molecule has 30 heavy (non-hydrogen) atoms. The summed E-state index contributed by atoms with van der Waals surface area (Å²) in [6, 6.07) is 16.4. The van der Waals surface area contributed by atoms with Crippen LogP contribution in [0.4, 0.5) is 11.4 Å². The average molecular weight is 423 g/mol. The van der Waals surface area contributed by atoms with E-state index < -0.39 is 4.92 Å². The highest BCUT2D eigenvalue weighted by Crippen LogP contribution is 2.39. The summed E-state index contributed by atoms with van der Waals surface area (Å²) in [6.45, 7) is 0.387. The van der Waals surface area contributed by atoms with E-state index in [4.69, 9.17) is 4.42 Å². The fourth-order valence-electron chi connectivity index (χ4n) is 3.17. The van der Waals surface area contributed by atoms with Crippen LogP contribution in [0, 0.1) is 10.1 Å². The van der Waals surface area contributed by atoms with E-state index in [1.165, 1.54) is 30.0 Å². The first-order chi connectivity index (χ1) is 14.5. The Labute approximate surface area is 176 Å². The second-order valence-corrected chi connectivity index (χ2v) is 7.72. The minimum absolute atomic E-state index is 0.0360. The number of non-ortho nitro benzene ring substituents is 1. The molecular weight excluding hydrogens is 406 g/mol. The van der Waals surface area contributed by atoms with Gasteiger partial charge in [-0.3, -0.25) is 19.7 Å². The maximum atomic E-state index is 12.5. The van der Waals surface area contributed by atoms with Gasteiger partial charge in [-0.1, -0.05) is 18.2 Å². The molecule has 2 heterocycles. The predicted molar refractivity (Wildman–Crippen MR) is 112 cm³/mol. The van der Waals surface area contributed by atoms with E-state index in [2.05, 4.69) is 5.32 Å². The summed E-state index contributed by atoms with van der Waals surface area (Å²) in [7, 11) is 0. The lowest BCUT2D eigenvalue weighted by atomic mass is 10.1. The molecular formula is C21H17N3O5S. The van der Waals surface area contributed by atoms with Crippen molar-refractivity contribution < 1.29 is 18.9 Å². The molecule has 0 unspecified atom stereocenters. The lowest BCUT2D eigenvalue weighted by Gasteiger charge is -2.23. The Morgan fingerprint density at radius 2 is 2.00 bits per heavy atom. The standard InChI is InChI=1S/C21H17N3O5S/c25-19-13-30-21(23(19)12-18-5-2-10-29-18)15-8-6-14(7-9-15)20(26)22-16-3-1-4-17(11-16)24(27)28/h1-11,21H,12-13H2,(H,22,26)/t21-/m0/s1. The number of furan rings is 1. The van der Waals surface area contributed by atoms with Gasteiger partial charge in [-0.25, -0.2) is 0 Å². The fraction of sp³-hybridized carbons (Fsp3) is 0.143. The van der Waals surface area contributed by atoms with Gasteiger partial charge >= 0.3 is 0 Å². The second-order valence-electron chi connectivity index (χ2n) is 6.65. The Bertz CT molecular complexity index is 1080. The van der Waals surface area contributed by atoms with Gasteiger partial charge < -0.3 is 14.6 Å². The van der Waals surface area contributed by atoms with Crippen LogP contribution in [0.2, 0.25) is 0 Å². The van der Waals surface area contributed by atoms with Crippen LogP contribution in [0.5, 0.6) is 0 Å². The molecule has 0 bridgehead atoms. The van der Waals surface area contributed by atoms with E-state index in [1.54, 1.807) is 35.4 Å². The van der Waals surface area contributed by atoms with Crippen molar-refractivity contribution in [3.63, 3.8) is 0 Å². The molecule has 3 aromatic rings. The number of benzene rings is 2. The number of nitrogens with one attached hydrogen (secondary N) is 1. The molecule has 0 radical (unpaired) electrons. The maximum Gasteiger partial charge on any atom is 0.271 e. The molecule has 1 aromatic heterocycles. The monoisotopic (exact) mass is 423 g/mol. The molecule has 0 aliphatic carbocycles. The average Bonchev–Trinajstić information content (AvgIpc) is 3.39. The third kappa shape index (κ3) is 4.20. The molecule has 1 saturated heterocycles. The highest BCUT2D eigenvalue weighted by molar-refractivity contribution is 8.00. The van der Waals surface area contributed by atoms with Crippen LogP contribution in [0.25, 0.3) is 0 Å². The Balaban J connectivity index is 1.47. The molecule has 1 N–H and O–H groups in total. The number of thioether (sulfide) groups is 1. The van der Waals surface area contributed by atoms with Gasteiger partial charge in [0.25, 0.3) is 11.6 Å². The lowest BCUT2D eigenvalue weighted by Crippen LogP contribution is -2.27. The number of nitrogens with zero attached hydrogens (tertiary/aromatic N) is 2. The predicted octanol–water partition coefficient (Wildman–Crippen LogP) is 4.21. The van der Waals surface area contributed by atoms with E-state index in [1.807, 2.05) is 18.2 Å². The summed E-state index contributed by atoms with van der Waals surface area (Å²) in [4.78, 5) is 36.9. The van der Waals surface area contributed by atoms with Crippen LogP contribution in [0.15, 0.2) is 71.3 Å². The van der Waals surface area contributed by atoms with Gasteiger partial charge in [0.2, 0.25) is 5.91 Å². The molecule has 9 heteroatoms. The van der Waals surface area contributed by atoms with Crippen molar-refractivity contribution in [2.45, 2.75) is 11.9 Å². The Morgan fingerprint density at radius 3 is 2.70 bits per heavy atom. The molecule has 1 atom stereocenters. The summed E-state index contributed by atoms with van der Waals surface area (Å²) >= 11 is 1.53. The molecule has 4 rings (SSSR count). The highest BCUT2D eigenvalue weighted by Gasteiger charge is 2.33. The van der Waals surface area contributed by atoms with E-state index in [0.717, 1.165) is 5.56 Å². The van der Waals surface area contributed by atoms with E-state index >= 15 is 0 Å². The van der Waals surface area contributed by atoms with Gasteiger partial charge in [0.05, 0.1) is 23.5 Å². The summed E-state index contributed by atoms with van der Waals surface area (Å²) < 4.78 is 5.36. The second kappa shape index (κ2) is 8.42. The number of anilines is 1. The van der Waals surface area contributed by atoms with Gasteiger partial charge in [-0.05, 0) is 35.9 Å². The van der Waals surface area contributed by atoms with Crippen molar-refractivity contribution in [2.75, 3.05) is 11.1 Å². The van der Waals surface area contributed by atoms with Crippen molar-refractivity contribution in [1.29, 1.82) is 0 Å². The van der Waals surface area contributed by atoms with Gasteiger partial charge in [0.15, 0.2) is 0 Å². The third-order valence-corrected chi connectivity index (χ3v) is 5.90. The number of nitro benzene ring substituents is 1. The van der Waals surface area contributed by atoms with Crippen LogP contribution >= 0.6 is 11.8 Å². The number of carbonyl (C=O) groups excluding carboxylic acids is 2. The van der Waals surface area contributed by atoms with Crippen molar-refractivity contribution in [1.82, 2.24) is 4.90 Å². The van der Waals surface area contributed by atoms with Crippen LogP contribution in [0.3, 0.4) is 0 Å². The van der Waals surface area contributed by atoms with Crippen LogP contribution < -0.4 is 5.32 Å². The van der Waals surface area contributed by atoms with Crippen molar-refractivity contribution in [3.8, 4) is 0 Å². The smallest absolute Gasteiger partial charge is 0.271 e. The minimum Gasteiger partial charge on any atom is -0.467 e. The fourth-order valence-corrected chi connectivity index (χ4v) is 4.36. The van der Waals surface area contributed by atoms with Gasteiger partial charge in [-0.2, -0.15) is 0 Å². The van der Waals surface area contributed by atoms with Gasteiger partial charge in [0, 0.05) is 23.4 Å². The van der Waals surface area contributed by atoms with Crippen LogP contribution in [0.1, 0.15) is 27.1 Å². The first kappa shape index (κ1) is 19.7. The Hall–Kier alpha value is -3.59. The molecule has 2 amide bonds. The van der Waals surface area contributed by atoms with Gasteiger partial charge in [-0.15, -0.1) is 11.8 Å². The molecule has 1 aliphatic rings. The van der Waals surface area contributed by atoms with Crippen molar-refractivity contribution in [2.24, 2.45) is 0 Å². The van der Waals surface area contributed by atoms with E-state index in [0.29, 0.717) is 29.3 Å². The van der Waals surface area contributed by atoms with Crippen molar-refractivity contribution >= 4 is 35.0 Å². The quantitative estimate of drug-likeness (QED) is 0.470. The molecule has 1 fully saturated rings. The molecule has 2 aromatic carbocycles. The third-order valence-electron chi connectivity index (χ3n) is 4.65. The van der Waals surface area contributed by atoms with Crippen molar-refractivity contribution in [3.05, 3.63) is 93.9 Å². The zero-order valence-corrected chi connectivity index (χ0v) is 16.5. The highest BCUT2D eigenvalue weighted by atomic mass is 32.2. The molecule has 1 aliphatic heterocycles. The number of carbonyl (C=O) groups is 2. The lowest BCUT2D eigenvalue weighted by molar-refractivity contribution is -0.384. The minimum atomic E-state index is -0.514. The zero-order valence-electron chi connectivity index (χ0n) is 15.7. The first-order valence-corrected chi connectivity index (χ1v) is 10.2. The number of rotatable bonds is 6. The Kier molecular flexibility index (Phi) is 5.53. The number of hydrogen-bond donors (Lipinski definition) is 1. The Morgan fingerprint density at radius 1 is 1.20 bits per heavy atom. The molecule has 0 saturated carbocycles. The first-order valence-electron chi connectivity index (χ1n) is 9.10. The van der Waals surface area contributed by atoms with E-state index in [9.17, 15) is 19.7 Å². The molecule has 8 nitrogen and oxygen atoms in total. The summed E-state index contributed by atoms with van der Waals surface area (Å²) in [5, 5.41) is 13.4. The topological polar surface area (TPSA) is 106 Å². The molecule has 152 valence electrons. The zero-order chi connectivity index (χ0) is 21.1. The summed E-state index contributed by atoms with van der Waals surface area (Å²) in [5.41, 5.74) is 1.57. The number of nitro groups is 1. The maximum absolute atomic E-state index is 12.5. The summed E-state index contributed by atoms with van der Waals surface area (Å²) in [6.07, 6.45) is 1.58. The molecule has 0 spiro atoms. The largest absolute Gasteiger partial charge is 0.467 e. The van der Waals surface area contributed by atoms with Crippen LogP contribution in [-0.4, -0.2) is 27.4 Å². The SMILES string of the molecule is O=C(Nc1cccc([N+](=O)[O-])c1)c1ccc([C@@H]2SCC(=O)N2Cc2ccco2)cc1. The van der Waals surface area contributed by atoms with Gasteiger partial charge in [0.1, 0.15) is 11.1 Å². The van der Waals surface area contributed by atoms with Crippen LogP contribution in [-0.2, 0) is 11.3 Å². The number of hydrogen-bond acceptors (Lipinski definition) is 6.